The van der Waals surface area contributed by atoms with Crippen molar-refractivity contribution in [2.75, 3.05) is 26.2 Å². The second-order valence-electron chi connectivity index (χ2n) is 8.03. The third-order valence-electron chi connectivity index (χ3n) is 5.63. The quantitative estimate of drug-likeness (QED) is 0.536. The van der Waals surface area contributed by atoms with Gasteiger partial charge in [-0.15, -0.1) is 0 Å². The van der Waals surface area contributed by atoms with E-state index in [9.17, 15) is 4.79 Å². The number of carbonyl (C=O) groups excluding carboxylic acids is 1. The Morgan fingerprint density at radius 3 is 2.60 bits per heavy atom. The van der Waals surface area contributed by atoms with Gasteiger partial charge in [0.15, 0.2) is 0 Å². The number of amides is 1. The largest absolute Gasteiger partial charge is 0.493 e. The summed E-state index contributed by atoms with van der Waals surface area (Å²) in [5.41, 5.74) is 2.49. The highest BCUT2D eigenvalue weighted by Gasteiger charge is 2.24. The molecule has 0 saturated carbocycles. The first-order chi connectivity index (χ1) is 14.7. The molecule has 0 aliphatic carbocycles. The van der Waals surface area contributed by atoms with Gasteiger partial charge < -0.3 is 10.1 Å². The van der Waals surface area contributed by atoms with E-state index < -0.39 is 0 Å². The topological polar surface area (TPSA) is 41.6 Å². The lowest BCUT2D eigenvalue weighted by Crippen LogP contribution is -2.40. The van der Waals surface area contributed by atoms with Crippen LogP contribution in [0.25, 0.3) is 0 Å². The fraction of sp³-hybridized carbons (Fsp3) is 0.480. The number of likely N-dealkylation sites (tertiary alicyclic amines) is 1. The van der Waals surface area contributed by atoms with Gasteiger partial charge in [-0.3, -0.25) is 9.69 Å². The van der Waals surface area contributed by atoms with Gasteiger partial charge in [0, 0.05) is 24.0 Å². The van der Waals surface area contributed by atoms with Crippen LogP contribution < -0.4 is 10.1 Å². The Hall–Kier alpha value is -2.04. The number of halogens is 1. The van der Waals surface area contributed by atoms with Crippen LogP contribution in [0.15, 0.2) is 48.5 Å². The summed E-state index contributed by atoms with van der Waals surface area (Å²) >= 11 is 5.96. The van der Waals surface area contributed by atoms with Crippen molar-refractivity contribution < 1.29 is 9.53 Å². The minimum atomic E-state index is 0.131. The number of piperidine rings is 1. The molecule has 0 spiro atoms. The van der Waals surface area contributed by atoms with Gasteiger partial charge in [-0.1, -0.05) is 48.9 Å². The SMILES string of the molecule is CCCOc1ccccc1CCCNC(=O)C1CCN(Cc2ccc(Cl)cc2)CC1. The molecule has 1 amide bonds. The average Bonchev–Trinajstić information content (AvgIpc) is 2.78. The zero-order chi connectivity index (χ0) is 21.2. The molecule has 0 bridgehead atoms. The van der Waals surface area contributed by atoms with E-state index in [1.807, 2.05) is 30.3 Å². The van der Waals surface area contributed by atoms with Crippen molar-refractivity contribution in [3.63, 3.8) is 0 Å². The predicted molar refractivity (Wildman–Crippen MR) is 123 cm³/mol. The van der Waals surface area contributed by atoms with Gasteiger partial charge in [0.25, 0.3) is 0 Å². The molecule has 0 aromatic heterocycles. The molecule has 0 radical (unpaired) electrons. The Kier molecular flexibility index (Phi) is 9.03. The van der Waals surface area contributed by atoms with Crippen molar-refractivity contribution in [2.45, 2.75) is 45.6 Å². The maximum atomic E-state index is 12.6. The Labute approximate surface area is 185 Å². The zero-order valence-corrected chi connectivity index (χ0v) is 18.7. The second-order valence-corrected chi connectivity index (χ2v) is 8.46. The number of para-hydroxylation sites is 1. The smallest absolute Gasteiger partial charge is 0.223 e. The maximum absolute atomic E-state index is 12.6. The molecule has 2 aromatic carbocycles. The number of nitrogens with one attached hydrogen (secondary N) is 1. The molecule has 30 heavy (non-hydrogen) atoms. The van der Waals surface area contributed by atoms with E-state index in [1.54, 1.807) is 0 Å². The van der Waals surface area contributed by atoms with Crippen LogP contribution in [-0.2, 0) is 17.8 Å². The van der Waals surface area contributed by atoms with Gasteiger partial charge in [-0.2, -0.15) is 0 Å². The van der Waals surface area contributed by atoms with Crippen LogP contribution >= 0.6 is 11.6 Å². The lowest BCUT2D eigenvalue weighted by molar-refractivity contribution is -0.126. The molecule has 5 heteroatoms. The van der Waals surface area contributed by atoms with E-state index in [0.717, 1.165) is 69.1 Å². The van der Waals surface area contributed by atoms with E-state index >= 15 is 0 Å². The van der Waals surface area contributed by atoms with E-state index in [0.29, 0.717) is 6.54 Å². The molecule has 1 fully saturated rings. The fourth-order valence-corrected chi connectivity index (χ4v) is 4.03. The van der Waals surface area contributed by atoms with Gasteiger partial charge >= 0.3 is 0 Å². The summed E-state index contributed by atoms with van der Waals surface area (Å²) in [7, 11) is 0. The van der Waals surface area contributed by atoms with Gasteiger partial charge in [0.1, 0.15) is 5.75 Å². The predicted octanol–water partition coefficient (Wildman–Crippen LogP) is 5.09. The summed E-state index contributed by atoms with van der Waals surface area (Å²) in [5.74, 6) is 1.31. The van der Waals surface area contributed by atoms with Crippen LogP contribution in [0.5, 0.6) is 5.75 Å². The first-order valence-electron chi connectivity index (χ1n) is 11.1. The highest BCUT2D eigenvalue weighted by Crippen LogP contribution is 2.21. The third-order valence-corrected chi connectivity index (χ3v) is 5.89. The van der Waals surface area contributed by atoms with E-state index in [-0.39, 0.29) is 11.8 Å². The van der Waals surface area contributed by atoms with Gasteiger partial charge in [0.05, 0.1) is 6.61 Å². The molecule has 1 heterocycles. The minimum Gasteiger partial charge on any atom is -0.493 e. The van der Waals surface area contributed by atoms with Gasteiger partial charge in [-0.25, -0.2) is 0 Å². The number of ether oxygens (including phenoxy) is 1. The van der Waals surface area contributed by atoms with Crippen LogP contribution in [0.3, 0.4) is 0 Å². The molecular formula is C25H33ClN2O2. The van der Waals surface area contributed by atoms with E-state index in [4.69, 9.17) is 16.3 Å². The average molecular weight is 429 g/mol. The van der Waals surface area contributed by atoms with Crippen LogP contribution in [0.2, 0.25) is 5.02 Å². The molecular weight excluding hydrogens is 396 g/mol. The normalized spacial score (nSPS) is 15.1. The third kappa shape index (κ3) is 7.03. The summed E-state index contributed by atoms with van der Waals surface area (Å²) in [6.07, 6.45) is 4.69. The molecule has 3 rings (SSSR count). The first kappa shape index (κ1) is 22.6. The van der Waals surface area contributed by atoms with Crippen LogP contribution in [0.1, 0.15) is 43.7 Å². The van der Waals surface area contributed by atoms with Gasteiger partial charge in [0.2, 0.25) is 5.91 Å². The Balaban J connectivity index is 1.35. The molecule has 0 atom stereocenters. The lowest BCUT2D eigenvalue weighted by Gasteiger charge is -2.31. The van der Waals surface area contributed by atoms with Crippen molar-refractivity contribution in [1.82, 2.24) is 10.2 Å². The Morgan fingerprint density at radius 1 is 1.13 bits per heavy atom. The van der Waals surface area contributed by atoms with Crippen molar-refractivity contribution in [3.8, 4) is 5.75 Å². The number of rotatable bonds is 10. The summed E-state index contributed by atoms with van der Waals surface area (Å²) in [4.78, 5) is 15.0. The number of nitrogens with zero attached hydrogens (tertiary/aromatic N) is 1. The van der Waals surface area contributed by atoms with E-state index in [2.05, 4.69) is 35.3 Å². The standard InChI is InChI=1S/C25H33ClN2O2/c1-2-18-30-24-8-4-3-6-21(24)7-5-15-27-25(29)22-13-16-28(17-14-22)19-20-9-11-23(26)12-10-20/h3-4,6,8-12,22H,2,5,7,13-19H2,1H3,(H,27,29). The number of benzene rings is 2. The Morgan fingerprint density at radius 2 is 1.87 bits per heavy atom. The fourth-order valence-electron chi connectivity index (χ4n) is 3.90. The Bertz CT molecular complexity index is 786. The molecule has 1 aliphatic rings. The number of carbonyl (C=O) groups is 1. The van der Waals surface area contributed by atoms with Crippen LogP contribution in [0, 0.1) is 5.92 Å². The summed E-state index contributed by atoms with van der Waals surface area (Å²) in [5, 5.41) is 3.91. The van der Waals surface area contributed by atoms with Crippen LogP contribution in [0.4, 0.5) is 0 Å². The molecule has 1 aliphatic heterocycles. The van der Waals surface area contributed by atoms with Crippen molar-refractivity contribution in [1.29, 1.82) is 0 Å². The molecule has 1 saturated heterocycles. The molecule has 2 aromatic rings. The number of aryl methyl sites for hydroxylation is 1. The second kappa shape index (κ2) is 12.0. The van der Waals surface area contributed by atoms with Crippen LogP contribution in [-0.4, -0.2) is 37.0 Å². The lowest BCUT2D eigenvalue weighted by atomic mass is 9.95. The molecule has 162 valence electrons. The summed E-state index contributed by atoms with van der Waals surface area (Å²) in [6, 6.07) is 16.2. The number of hydrogen-bond acceptors (Lipinski definition) is 3. The first-order valence-corrected chi connectivity index (χ1v) is 11.5. The van der Waals surface area contributed by atoms with Crippen molar-refractivity contribution in [3.05, 3.63) is 64.7 Å². The van der Waals surface area contributed by atoms with Crippen molar-refractivity contribution in [2.24, 2.45) is 5.92 Å². The van der Waals surface area contributed by atoms with E-state index in [1.165, 1.54) is 11.1 Å². The highest BCUT2D eigenvalue weighted by atomic mass is 35.5. The highest BCUT2D eigenvalue weighted by molar-refractivity contribution is 6.30. The maximum Gasteiger partial charge on any atom is 0.223 e. The molecule has 4 nitrogen and oxygen atoms in total. The minimum absolute atomic E-state index is 0.131. The zero-order valence-electron chi connectivity index (χ0n) is 17.9. The number of hydrogen-bond donors (Lipinski definition) is 1. The summed E-state index contributed by atoms with van der Waals surface area (Å²) in [6.45, 7) is 6.41. The van der Waals surface area contributed by atoms with Crippen molar-refractivity contribution >= 4 is 17.5 Å². The molecule has 1 N–H and O–H groups in total. The monoisotopic (exact) mass is 428 g/mol. The summed E-state index contributed by atoms with van der Waals surface area (Å²) < 4.78 is 5.82. The molecule has 0 unspecified atom stereocenters. The van der Waals surface area contributed by atoms with Gasteiger partial charge in [-0.05, 0) is 74.5 Å².